The maximum absolute atomic E-state index is 13.2. The van der Waals surface area contributed by atoms with E-state index in [-0.39, 0.29) is 18.0 Å². The zero-order valence-electron chi connectivity index (χ0n) is 12.3. The minimum Gasteiger partial charge on any atom is -0.481 e. The molecule has 0 aromatic rings. The van der Waals surface area contributed by atoms with Gasteiger partial charge in [0.2, 0.25) is 5.91 Å². The summed E-state index contributed by atoms with van der Waals surface area (Å²) in [5, 5.41) is 9.77. The summed E-state index contributed by atoms with van der Waals surface area (Å²) < 4.78 is 0. The molecule has 4 atom stereocenters. The van der Waals surface area contributed by atoms with Gasteiger partial charge < -0.3 is 10.0 Å². The Morgan fingerprint density at radius 1 is 0.900 bits per heavy atom. The summed E-state index contributed by atoms with van der Waals surface area (Å²) in [6, 6.07) is 0.294. The van der Waals surface area contributed by atoms with Gasteiger partial charge in [-0.25, -0.2) is 0 Å². The molecule has 1 N–H and O–H groups in total. The van der Waals surface area contributed by atoms with E-state index in [1.54, 1.807) is 0 Å². The molecule has 4 heteroatoms. The van der Waals surface area contributed by atoms with E-state index in [1.807, 2.05) is 32.6 Å². The molecule has 1 amide bonds. The van der Waals surface area contributed by atoms with Gasteiger partial charge >= 0.3 is 5.97 Å². The molecule has 0 aromatic carbocycles. The second kappa shape index (κ2) is 2.67. The molecule has 0 saturated heterocycles. The Balaban J connectivity index is 1.56. The number of nitrogens with zero attached hydrogens (tertiary/aromatic N) is 1. The smallest absolute Gasteiger partial charge is 0.311 e. The lowest BCUT2D eigenvalue weighted by Gasteiger charge is -3.09. The molecule has 0 aromatic heterocycles. The van der Waals surface area contributed by atoms with Crippen molar-refractivity contribution in [1.82, 2.24) is 4.90 Å². The lowest BCUT2D eigenvalue weighted by molar-refractivity contribution is -0.629. The van der Waals surface area contributed by atoms with E-state index < -0.39 is 16.8 Å². The molecule has 20 heavy (non-hydrogen) atoms. The molecule has 6 rings (SSSR count). The van der Waals surface area contributed by atoms with Crippen LogP contribution in [-0.2, 0) is 9.59 Å². The summed E-state index contributed by atoms with van der Waals surface area (Å²) in [6.07, 6.45) is 0. The van der Waals surface area contributed by atoms with E-state index >= 15 is 0 Å². The summed E-state index contributed by atoms with van der Waals surface area (Å²) >= 11 is 0. The van der Waals surface area contributed by atoms with E-state index in [1.165, 1.54) is 0 Å². The lowest BCUT2D eigenvalue weighted by Crippen LogP contribution is -3.13. The second-order valence-electron chi connectivity index (χ2n) is 8.20. The Kier molecular flexibility index (Phi) is 1.54. The maximum Gasteiger partial charge on any atom is 0.311 e. The fourth-order valence-corrected chi connectivity index (χ4v) is 7.74. The van der Waals surface area contributed by atoms with Crippen molar-refractivity contribution >= 4 is 11.9 Å². The Morgan fingerprint density at radius 2 is 1.30 bits per heavy atom. The van der Waals surface area contributed by atoms with Gasteiger partial charge in [-0.05, 0) is 63.2 Å². The normalized spacial score (nSPS) is 57.9. The van der Waals surface area contributed by atoms with Crippen molar-refractivity contribution in [2.24, 2.45) is 46.3 Å². The van der Waals surface area contributed by atoms with Crippen LogP contribution in [0.1, 0.15) is 27.7 Å². The zero-order valence-corrected chi connectivity index (χ0v) is 12.3. The number of hydrogen-bond donors (Lipinski definition) is 1. The van der Waals surface area contributed by atoms with E-state index in [4.69, 9.17) is 0 Å². The number of carbonyl (C=O) groups is 2. The van der Waals surface area contributed by atoms with Crippen molar-refractivity contribution in [2.45, 2.75) is 39.8 Å². The zero-order chi connectivity index (χ0) is 14.4. The Labute approximate surface area is 118 Å². The SMILES string of the molecule is CC(C)N(C(=O)C12C3C4C5C3C1(C(=O)O)C5C42)C(C)C. The van der Waals surface area contributed by atoms with Gasteiger partial charge in [-0.2, -0.15) is 0 Å². The molecule has 6 saturated carbocycles. The summed E-state index contributed by atoms with van der Waals surface area (Å²) in [5.74, 6) is 2.42. The first kappa shape index (κ1) is 11.6. The number of rotatable bonds is 4. The van der Waals surface area contributed by atoms with Crippen LogP contribution in [0.4, 0.5) is 0 Å². The van der Waals surface area contributed by atoms with Crippen LogP contribution in [0.15, 0.2) is 0 Å². The fraction of sp³-hybridized carbons (Fsp3) is 0.875. The minimum absolute atomic E-state index is 0.147. The van der Waals surface area contributed by atoms with Crippen LogP contribution in [0.2, 0.25) is 0 Å². The number of carboxylic acid groups (broad SMARTS) is 1. The lowest BCUT2D eigenvalue weighted by atomic mass is 8.91. The van der Waals surface area contributed by atoms with Gasteiger partial charge in [0.1, 0.15) is 0 Å². The first-order chi connectivity index (χ1) is 9.36. The molecule has 0 spiro atoms. The molecule has 0 aliphatic heterocycles. The molecule has 6 fully saturated rings. The van der Waals surface area contributed by atoms with E-state index in [0.29, 0.717) is 29.6 Å². The first-order valence-electron chi connectivity index (χ1n) is 7.92. The summed E-state index contributed by atoms with van der Waals surface area (Å²) in [7, 11) is 0. The molecule has 4 unspecified atom stereocenters. The van der Waals surface area contributed by atoms with Gasteiger partial charge in [0.25, 0.3) is 0 Å². The average Bonchev–Trinajstić information content (AvgIpc) is 2.36. The van der Waals surface area contributed by atoms with Crippen LogP contribution in [0.5, 0.6) is 0 Å². The monoisotopic (exact) mass is 275 g/mol. The molecule has 108 valence electrons. The Bertz CT molecular complexity index is 552. The van der Waals surface area contributed by atoms with Crippen LogP contribution in [0.25, 0.3) is 0 Å². The van der Waals surface area contributed by atoms with Crippen LogP contribution in [0.3, 0.4) is 0 Å². The van der Waals surface area contributed by atoms with Crippen molar-refractivity contribution < 1.29 is 14.7 Å². The van der Waals surface area contributed by atoms with Crippen molar-refractivity contribution in [1.29, 1.82) is 0 Å². The quantitative estimate of drug-likeness (QED) is 0.845. The van der Waals surface area contributed by atoms with Crippen LogP contribution < -0.4 is 0 Å². The molecular formula is C16H21NO3. The predicted octanol–water partition coefficient (Wildman–Crippen LogP) is 1.45. The summed E-state index contributed by atoms with van der Waals surface area (Å²) in [5.41, 5.74) is -1.12. The van der Waals surface area contributed by atoms with Gasteiger partial charge in [0.15, 0.2) is 0 Å². The van der Waals surface area contributed by atoms with Gasteiger partial charge in [0, 0.05) is 12.1 Å². The predicted molar refractivity (Wildman–Crippen MR) is 70.6 cm³/mol. The number of carboxylic acids is 1. The van der Waals surface area contributed by atoms with Crippen molar-refractivity contribution in [3.8, 4) is 0 Å². The highest BCUT2D eigenvalue weighted by Crippen LogP contribution is 3.10. The molecule has 6 aliphatic carbocycles. The number of hydrogen-bond acceptors (Lipinski definition) is 2. The summed E-state index contributed by atoms with van der Waals surface area (Å²) in [4.78, 5) is 27.0. The van der Waals surface area contributed by atoms with Crippen LogP contribution in [-0.4, -0.2) is 34.0 Å². The Morgan fingerprint density at radius 3 is 1.65 bits per heavy atom. The van der Waals surface area contributed by atoms with E-state index in [2.05, 4.69) is 0 Å². The highest BCUT2D eigenvalue weighted by Gasteiger charge is 3.14. The highest BCUT2D eigenvalue weighted by molar-refractivity contribution is 6.02. The van der Waals surface area contributed by atoms with E-state index in [9.17, 15) is 14.7 Å². The molecule has 0 heterocycles. The van der Waals surface area contributed by atoms with Crippen LogP contribution >= 0.6 is 0 Å². The second-order valence-corrected chi connectivity index (χ2v) is 8.20. The molecular weight excluding hydrogens is 254 g/mol. The average molecular weight is 275 g/mol. The van der Waals surface area contributed by atoms with Gasteiger partial charge in [-0.1, -0.05) is 0 Å². The fourth-order valence-electron chi connectivity index (χ4n) is 7.74. The largest absolute Gasteiger partial charge is 0.481 e. The van der Waals surface area contributed by atoms with Gasteiger partial charge in [-0.15, -0.1) is 0 Å². The minimum atomic E-state index is -0.685. The highest BCUT2D eigenvalue weighted by atomic mass is 16.4. The number of aliphatic carboxylic acids is 1. The van der Waals surface area contributed by atoms with Gasteiger partial charge in [-0.3, -0.25) is 9.59 Å². The maximum atomic E-state index is 13.2. The summed E-state index contributed by atoms with van der Waals surface area (Å²) in [6.45, 7) is 8.14. The standard InChI is InChI=1S/C16H21NO3/c1-5(2)17(6(3)4)13(18)15-9-7-8-11(9)16(15,14(19)20)12(8)10(7)15/h5-12H,1-4H3,(H,19,20). The third kappa shape index (κ3) is 0.611. The molecule has 6 aliphatic rings. The van der Waals surface area contributed by atoms with Crippen molar-refractivity contribution in [2.75, 3.05) is 0 Å². The third-order valence-corrected chi connectivity index (χ3v) is 7.72. The number of amides is 1. The third-order valence-electron chi connectivity index (χ3n) is 7.72. The first-order valence-corrected chi connectivity index (χ1v) is 7.92. The van der Waals surface area contributed by atoms with Crippen molar-refractivity contribution in [3.05, 3.63) is 0 Å². The topological polar surface area (TPSA) is 57.6 Å². The number of carbonyl (C=O) groups excluding carboxylic acids is 1. The molecule has 0 bridgehead atoms. The van der Waals surface area contributed by atoms with Crippen molar-refractivity contribution in [3.63, 3.8) is 0 Å². The van der Waals surface area contributed by atoms with Crippen LogP contribution in [0, 0.1) is 46.3 Å². The van der Waals surface area contributed by atoms with E-state index in [0.717, 1.165) is 5.92 Å². The molecule has 4 nitrogen and oxygen atoms in total. The molecule has 0 radical (unpaired) electrons. The Hall–Kier alpha value is -1.06. The van der Waals surface area contributed by atoms with Gasteiger partial charge in [0.05, 0.1) is 10.8 Å².